The number of aliphatic hydroxyl groups is 1. The molecule has 0 bridgehead atoms. The van der Waals surface area contributed by atoms with Crippen molar-refractivity contribution in [2.45, 2.75) is 38.8 Å². The summed E-state index contributed by atoms with van der Waals surface area (Å²) in [6, 6.07) is 4.35. The van der Waals surface area contributed by atoms with Crippen LogP contribution in [0, 0.1) is 5.92 Å². The Bertz CT molecular complexity index is 511. The van der Waals surface area contributed by atoms with Crippen LogP contribution >= 0.6 is 11.3 Å². The van der Waals surface area contributed by atoms with E-state index in [0.717, 1.165) is 71.0 Å². The summed E-state index contributed by atoms with van der Waals surface area (Å²) in [5, 5.41) is 15.6. The van der Waals surface area contributed by atoms with Gasteiger partial charge in [0.05, 0.1) is 6.10 Å². The Morgan fingerprint density at radius 2 is 2.17 bits per heavy atom. The highest BCUT2D eigenvalue weighted by atomic mass is 32.1. The van der Waals surface area contributed by atoms with Gasteiger partial charge in [-0.3, -0.25) is 9.89 Å². The van der Waals surface area contributed by atoms with Crippen molar-refractivity contribution in [1.82, 2.24) is 15.1 Å². The third-order valence-electron chi connectivity index (χ3n) is 5.06. The van der Waals surface area contributed by atoms with Crippen LogP contribution < -0.4 is 5.32 Å². The van der Waals surface area contributed by atoms with Crippen molar-refractivity contribution < 1.29 is 5.11 Å². The van der Waals surface area contributed by atoms with Gasteiger partial charge in [-0.2, -0.15) is 0 Å². The Labute approximate surface area is 149 Å². The molecular formula is C18H30N4OS. The fraction of sp³-hybridized carbons (Fsp3) is 0.722. The molecule has 0 radical (unpaired) electrons. The highest BCUT2D eigenvalue weighted by molar-refractivity contribution is 7.09. The van der Waals surface area contributed by atoms with Gasteiger partial charge < -0.3 is 15.3 Å². The molecule has 5 nitrogen and oxygen atoms in total. The third-order valence-corrected chi connectivity index (χ3v) is 5.92. The van der Waals surface area contributed by atoms with Gasteiger partial charge in [0.25, 0.3) is 0 Å². The van der Waals surface area contributed by atoms with E-state index < -0.39 is 0 Å². The van der Waals surface area contributed by atoms with Crippen LogP contribution in [0.4, 0.5) is 0 Å². The van der Waals surface area contributed by atoms with Crippen molar-refractivity contribution in [3.8, 4) is 0 Å². The third kappa shape index (κ3) is 4.71. The summed E-state index contributed by atoms with van der Waals surface area (Å²) in [5.41, 5.74) is 0. The molecule has 2 fully saturated rings. The first-order chi connectivity index (χ1) is 11.8. The van der Waals surface area contributed by atoms with Crippen molar-refractivity contribution in [2.24, 2.45) is 10.9 Å². The number of rotatable bonds is 5. The lowest BCUT2D eigenvalue weighted by atomic mass is 10.1. The molecule has 0 spiro atoms. The maximum atomic E-state index is 9.99. The lowest BCUT2D eigenvalue weighted by molar-refractivity contribution is 0.136. The standard InChI is InChI=1S/C18H30N4OS/c1-2-19-18(20-13-15-5-3-7-17(15)23)22-10-8-21(9-11-22)14-16-6-4-12-24-16/h4,6,12,15,17,23H,2-3,5,7-11,13-14H2,1H3,(H,19,20). The number of hydrogen-bond acceptors (Lipinski definition) is 4. The van der Waals surface area contributed by atoms with E-state index in [9.17, 15) is 5.11 Å². The number of hydrogen-bond donors (Lipinski definition) is 2. The number of thiophene rings is 1. The van der Waals surface area contributed by atoms with Crippen LogP contribution in [0.3, 0.4) is 0 Å². The Hall–Kier alpha value is -1.11. The smallest absolute Gasteiger partial charge is 0.194 e. The van der Waals surface area contributed by atoms with Gasteiger partial charge in [0.15, 0.2) is 5.96 Å². The Kier molecular flexibility index (Phi) is 6.51. The minimum absolute atomic E-state index is 0.153. The number of aliphatic imine (C=N–C) groups is 1. The number of guanidine groups is 1. The van der Waals surface area contributed by atoms with Gasteiger partial charge in [0, 0.05) is 56.6 Å². The van der Waals surface area contributed by atoms with Crippen LogP contribution in [0.1, 0.15) is 31.1 Å². The molecule has 2 N–H and O–H groups in total. The minimum Gasteiger partial charge on any atom is -0.393 e. The largest absolute Gasteiger partial charge is 0.393 e. The molecule has 0 aromatic carbocycles. The monoisotopic (exact) mass is 350 g/mol. The van der Waals surface area contributed by atoms with E-state index in [1.807, 2.05) is 11.3 Å². The first kappa shape index (κ1) is 17.7. The fourth-order valence-electron chi connectivity index (χ4n) is 3.60. The summed E-state index contributed by atoms with van der Waals surface area (Å²) in [4.78, 5) is 11.2. The molecule has 134 valence electrons. The van der Waals surface area contributed by atoms with Gasteiger partial charge in [-0.1, -0.05) is 12.5 Å². The summed E-state index contributed by atoms with van der Waals surface area (Å²) in [5.74, 6) is 1.37. The molecule has 1 saturated heterocycles. The summed E-state index contributed by atoms with van der Waals surface area (Å²) in [6.45, 7) is 9.01. The van der Waals surface area contributed by atoms with Crippen LogP contribution in [0.2, 0.25) is 0 Å². The van der Waals surface area contributed by atoms with E-state index in [0.29, 0.717) is 5.92 Å². The molecule has 2 atom stereocenters. The fourth-order valence-corrected chi connectivity index (χ4v) is 4.35. The highest BCUT2D eigenvalue weighted by Crippen LogP contribution is 2.25. The molecule has 1 aromatic rings. The second kappa shape index (κ2) is 8.83. The SMILES string of the molecule is CCNC(=NCC1CCCC1O)N1CCN(Cc2cccs2)CC1. The predicted molar refractivity (Wildman–Crippen MR) is 100 cm³/mol. The second-order valence-corrected chi connectivity index (χ2v) is 7.83. The zero-order valence-electron chi connectivity index (χ0n) is 14.7. The minimum atomic E-state index is -0.153. The number of nitrogens with one attached hydrogen (secondary N) is 1. The lowest BCUT2D eigenvalue weighted by Gasteiger charge is -2.36. The van der Waals surface area contributed by atoms with Gasteiger partial charge in [0.1, 0.15) is 0 Å². The van der Waals surface area contributed by atoms with Crippen molar-refractivity contribution in [1.29, 1.82) is 0 Å². The van der Waals surface area contributed by atoms with Gasteiger partial charge in [-0.25, -0.2) is 0 Å². The summed E-state index contributed by atoms with van der Waals surface area (Å²) >= 11 is 1.84. The Morgan fingerprint density at radius 3 is 2.79 bits per heavy atom. The Morgan fingerprint density at radius 1 is 1.33 bits per heavy atom. The summed E-state index contributed by atoms with van der Waals surface area (Å²) in [6.07, 6.45) is 3.04. The van der Waals surface area contributed by atoms with E-state index in [1.54, 1.807) is 0 Å². The average Bonchev–Trinajstić information content (AvgIpc) is 3.24. The molecule has 0 amide bonds. The number of nitrogens with zero attached hydrogens (tertiary/aromatic N) is 3. The molecule has 1 aliphatic carbocycles. The lowest BCUT2D eigenvalue weighted by Crippen LogP contribution is -2.52. The summed E-state index contributed by atoms with van der Waals surface area (Å²) in [7, 11) is 0. The average molecular weight is 351 g/mol. The number of aliphatic hydroxyl groups excluding tert-OH is 1. The number of piperazine rings is 1. The molecule has 2 aliphatic rings. The molecule has 2 heterocycles. The van der Waals surface area contributed by atoms with E-state index in [1.165, 1.54) is 4.88 Å². The van der Waals surface area contributed by atoms with E-state index >= 15 is 0 Å². The van der Waals surface area contributed by atoms with Crippen molar-refractivity contribution in [2.75, 3.05) is 39.3 Å². The highest BCUT2D eigenvalue weighted by Gasteiger charge is 2.26. The molecule has 1 saturated carbocycles. The summed E-state index contributed by atoms with van der Waals surface area (Å²) < 4.78 is 0. The zero-order valence-corrected chi connectivity index (χ0v) is 15.5. The zero-order chi connectivity index (χ0) is 16.8. The van der Waals surface area contributed by atoms with Crippen molar-refractivity contribution >= 4 is 17.3 Å². The maximum Gasteiger partial charge on any atom is 0.194 e. The molecule has 1 aliphatic heterocycles. The quantitative estimate of drug-likeness (QED) is 0.630. The predicted octanol–water partition coefficient (Wildman–Crippen LogP) is 1.99. The van der Waals surface area contributed by atoms with Crippen molar-refractivity contribution in [3.05, 3.63) is 22.4 Å². The molecule has 6 heteroatoms. The van der Waals surface area contributed by atoms with E-state index in [4.69, 9.17) is 4.99 Å². The first-order valence-corrected chi connectivity index (χ1v) is 10.1. The van der Waals surface area contributed by atoms with Crippen molar-refractivity contribution in [3.63, 3.8) is 0 Å². The molecule has 3 rings (SSSR count). The maximum absolute atomic E-state index is 9.99. The topological polar surface area (TPSA) is 51.1 Å². The molecular weight excluding hydrogens is 320 g/mol. The van der Waals surface area contributed by atoms with Crippen LogP contribution in [0.15, 0.2) is 22.5 Å². The second-order valence-electron chi connectivity index (χ2n) is 6.80. The van der Waals surface area contributed by atoms with Gasteiger partial charge in [-0.05, 0) is 31.2 Å². The molecule has 1 aromatic heterocycles. The molecule has 2 unspecified atom stereocenters. The normalized spacial score (nSPS) is 26.1. The van der Waals surface area contributed by atoms with E-state index in [2.05, 4.69) is 39.6 Å². The first-order valence-electron chi connectivity index (χ1n) is 9.22. The van der Waals surface area contributed by atoms with Crippen LogP contribution in [-0.4, -0.2) is 66.2 Å². The van der Waals surface area contributed by atoms with Gasteiger partial charge in [-0.15, -0.1) is 11.3 Å². The van der Waals surface area contributed by atoms with Crippen LogP contribution in [0.25, 0.3) is 0 Å². The van der Waals surface area contributed by atoms with Gasteiger partial charge in [0.2, 0.25) is 0 Å². The van der Waals surface area contributed by atoms with Crippen LogP contribution in [0.5, 0.6) is 0 Å². The Balaban J connectivity index is 1.51. The van der Waals surface area contributed by atoms with Crippen LogP contribution in [-0.2, 0) is 6.54 Å². The van der Waals surface area contributed by atoms with E-state index in [-0.39, 0.29) is 6.10 Å². The molecule has 24 heavy (non-hydrogen) atoms. The van der Waals surface area contributed by atoms with Gasteiger partial charge >= 0.3 is 0 Å².